The third-order valence-electron chi connectivity index (χ3n) is 4.47. The van der Waals surface area contributed by atoms with Gasteiger partial charge in [0.15, 0.2) is 5.11 Å². The molecule has 0 radical (unpaired) electrons. The fourth-order valence-electron chi connectivity index (χ4n) is 2.99. The van der Waals surface area contributed by atoms with Crippen molar-refractivity contribution in [2.45, 2.75) is 5.92 Å². The molecule has 0 aromatic heterocycles. The summed E-state index contributed by atoms with van der Waals surface area (Å²) in [5.74, 6) is -0.551. The summed E-state index contributed by atoms with van der Waals surface area (Å²) >= 11 is 7.29. The molecule has 0 saturated heterocycles. The lowest BCUT2D eigenvalue weighted by Crippen LogP contribution is -2.49. The van der Waals surface area contributed by atoms with E-state index < -0.39 is 5.92 Å². The maximum Gasteiger partial charge on any atom is 0.269 e. The topological polar surface area (TPSA) is 79.5 Å². The zero-order valence-corrected chi connectivity index (χ0v) is 19.6. The van der Waals surface area contributed by atoms with Crippen molar-refractivity contribution in [2.24, 2.45) is 0 Å². The first-order valence-corrected chi connectivity index (χ1v) is 10.8. The monoisotopic (exact) mass is 545 g/mol. The quantitative estimate of drug-likeness (QED) is 0.259. The molecule has 0 aliphatic rings. The van der Waals surface area contributed by atoms with Crippen LogP contribution in [0.4, 0.5) is 0 Å². The van der Waals surface area contributed by atoms with Crippen LogP contribution in [0.2, 0.25) is 0 Å². The summed E-state index contributed by atoms with van der Waals surface area (Å²) in [5, 5.41) is 2.66. The number of methoxy groups -OCH3 is 1. The van der Waals surface area contributed by atoms with Crippen LogP contribution in [0.3, 0.4) is 0 Å². The summed E-state index contributed by atoms with van der Waals surface area (Å²) in [4.78, 5) is 25.4. The van der Waals surface area contributed by atoms with Crippen LogP contribution in [0.5, 0.6) is 5.75 Å². The molecule has 0 saturated carbocycles. The summed E-state index contributed by atoms with van der Waals surface area (Å²) in [6, 6.07) is 23.9. The van der Waals surface area contributed by atoms with Crippen LogP contribution in [0, 0.1) is 3.57 Å². The van der Waals surface area contributed by atoms with E-state index in [0.29, 0.717) is 11.3 Å². The Hall–Kier alpha value is -2.98. The number of hydrazine groups is 1. The van der Waals surface area contributed by atoms with Crippen molar-refractivity contribution in [1.29, 1.82) is 0 Å². The Morgan fingerprint density at radius 1 is 0.903 bits per heavy atom. The number of hydrogen-bond donors (Lipinski definition) is 3. The minimum Gasteiger partial charge on any atom is -0.496 e. The molecule has 3 aromatic rings. The lowest BCUT2D eigenvalue weighted by atomic mass is 9.90. The summed E-state index contributed by atoms with van der Waals surface area (Å²) in [6.07, 6.45) is 0. The molecule has 6 nitrogen and oxygen atoms in total. The van der Waals surface area contributed by atoms with Crippen molar-refractivity contribution in [1.82, 2.24) is 16.2 Å². The molecule has 0 unspecified atom stereocenters. The molecule has 0 heterocycles. The first-order valence-electron chi connectivity index (χ1n) is 9.34. The van der Waals surface area contributed by atoms with Gasteiger partial charge in [0.05, 0.1) is 16.6 Å². The number of ether oxygens (including phenoxy) is 1. The van der Waals surface area contributed by atoms with E-state index in [9.17, 15) is 9.59 Å². The number of hydrogen-bond acceptors (Lipinski definition) is 4. The molecule has 2 amide bonds. The van der Waals surface area contributed by atoms with Gasteiger partial charge in [-0.1, -0.05) is 60.7 Å². The van der Waals surface area contributed by atoms with Crippen LogP contribution in [0.15, 0.2) is 78.9 Å². The first-order chi connectivity index (χ1) is 15.0. The summed E-state index contributed by atoms with van der Waals surface area (Å²) in [7, 11) is 1.57. The maximum absolute atomic E-state index is 13.0. The Morgan fingerprint density at radius 3 is 2.00 bits per heavy atom. The molecule has 3 rings (SSSR count). The second-order valence-electron chi connectivity index (χ2n) is 6.50. The smallest absolute Gasteiger partial charge is 0.269 e. The molecule has 3 N–H and O–H groups in total. The van der Waals surface area contributed by atoms with Crippen LogP contribution in [-0.2, 0) is 4.79 Å². The number of benzene rings is 3. The lowest BCUT2D eigenvalue weighted by Gasteiger charge is -2.19. The summed E-state index contributed by atoms with van der Waals surface area (Å²) < 4.78 is 6.00. The molecule has 8 heteroatoms. The minimum atomic E-state index is -0.541. The molecule has 31 heavy (non-hydrogen) atoms. The summed E-state index contributed by atoms with van der Waals surface area (Å²) in [6.45, 7) is 0. The van der Waals surface area contributed by atoms with Crippen LogP contribution < -0.4 is 20.9 Å². The van der Waals surface area contributed by atoms with E-state index in [1.165, 1.54) is 0 Å². The van der Waals surface area contributed by atoms with Crippen molar-refractivity contribution >= 4 is 51.7 Å². The van der Waals surface area contributed by atoms with E-state index in [-0.39, 0.29) is 16.9 Å². The van der Waals surface area contributed by atoms with Gasteiger partial charge in [-0.3, -0.25) is 20.4 Å². The highest BCUT2D eigenvalue weighted by atomic mass is 127. The highest BCUT2D eigenvalue weighted by Gasteiger charge is 2.23. The van der Waals surface area contributed by atoms with E-state index in [0.717, 1.165) is 14.7 Å². The van der Waals surface area contributed by atoms with Gasteiger partial charge in [0, 0.05) is 5.56 Å². The molecular weight excluding hydrogens is 525 g/mol. The van der Waals surface area contributed by atoms with Crippen LogP contribution in [0.25, 0.3) is 0 Å². The van der Waals surface area contributed by atoms with E-state index in [4.69, 9.17) is 17.0 Å². The van der Waals surface area contributed by atoms with E-state index in [1.807, 2.05) is 60.7 Å². The Morgan fingerprint density at radius 2 is 1.48 bits per heavy atom. The van der Waals surface area contributed by atoms with Gasteiger partial charge in [-0.25, -0.2) is 0 Å². The van der Waals surface area contributed by atoms with Crippen LogP contribution in [0.1, 0.15) is 27.4 Å². The Labute approximate surface area is 199 Å². The van der Waals surface area contributed by atoms with Gasteiger partial charge in [0.2, 0.25) is 5.91 Å². The molecule has 0 aliphatic heterocycles. The first kappa shape index (κ1) is 22.7. The normalized spacial score (nSPS) is 10.3. The fraction of sp³-hybridized carbons (Fsp3) is 0.0870. The molecule has 0 fully saturated rings. The largest absolute Gasteiger partial charge is 0.496 e. The number of amides is 2. The van der Waals surface area contributed by atoms with E-state index >= 15 is 0 Å². The minimum absolute atomic E-state index is 0.00146. The molecule has 0 spiro atoms. The molecule has 158 valence electrons. The molecular formula is C23H20IN3O3S. The highest BCUT2D eigenvalue weighted by Crippen LogP contribution is 2.24. The third kappa shape index (κ3) is 6.02. The molecule has 0 aliphatic carbocycles. The second-order valence-corrected chi connectivity index (χ2v) is 8.07. The van der Waals surface area contributed by atoms with Crippen molar-refractivity contribution in [2.75, 3.05) is 7.11 Å². The van der Waals surface area contributed by atoms with Gasteiger partial charge in [-0.05, 0) is 64.1 Å². The maximum atomic E-state index is 13.0. The third-order valence-corrected chi connectivity index (χ3v) is 5.52. The van der Waals surface area contributed by atoms with Gasteiger partial charge in [0.25, 0.3) is 5.91 Å². The number of halogens is 1. The lowest BCUT2D eigenvalue weighted by molar-refractivity contribution is -0.120. The van der Waals surface area contributed by atoms with E-state index in [1.54, 1.807) is 25.3 Å². The zero-order valence-electron chi connectivity index (χ0n) is 16.6. The van der Waals surface area contributed by atoms with Crippen LogP contribution >= 0.6 is 34.8 Å². The van der Waals surface area contributed by atoms with Crippen molar-refractivity contribution in [3.8, 4) is 5.75 Å². The Bertz CT molecular complexity index is 1040. The van der Waals surface area contributed by atoms with Crippen LogP contribution in [-0.4, -0.2) is 24.0 Å². The Balaban J connectivity index is 1.65. The van der Waals surface area contributed by atoms with Crippen molar-refractivity contribution < 1.29 is 14.3 Å². The molecule has 3 aromatic carbocycles. The number of carbonyl (C=O) groups is 2. The van der Waals surface area contributed by atoms with Gasteiger partial charge >= 0.3 is 0 Å². The summed E-state index contributed by atoms with van der Waals surface area (Å²) in [5.41, 5.74) is 7.19. The van der Waals surface area contributed by atoms with Gasteiger partial charge in [0.1, 0.15) is 5.75 Å². The van der Waals surface area contributed by atoms with Gasteiger partial charge in [-0.15, -0.1) is 0 Å². The van der Waals surface area contributed by atoms with Crippen molar-refractivity contribution in [3.05, 3.63) is 99.1 Å². The molecule has 0 bridgehead atoms. The average Bonchev–Trinajstić information content (AvgIpc) is 2.79. The van der Waals surface area contributed by atoms with Gasteiger partial charge in [-0.2, -0.15) is 0 Å². The molecule has 0 atom stereocenters. The SMILES string of the molecule is COc1ccc(C(=O)NNC(=S)NC(=O)C(c2ccccc2)c2ccccc2)cc1I. The number of nitrogens with one attached hydrogen (secondary N) is 3. The number of thiocarbonyl (C=S) groups is 1. The average molecular weight is 545 g/mol. The second kappa shape index (κ2) is 10.9. The standard InChI is InChI=1S/C23H20IN3O3S/c1-30-19-13-12-17(14-18(19)24)21(28)26-27-23(31)25-22(29)20(15-8-4-2-5-9-15)16-10-6-3-7-11-16/h2-14,20H,1H3,(H,26,28)(H2,25,27,29,31). The van der Waals surface area contributed by atoms with Crippen molar-refractivity contribution in [3.63, 3.8) is 0 Å². The fourth-order valence-corrected chi connectivity index (χ4v) is 3.88. The highest BCUT2D eigenvalue weighted by molar-refractivity contribution is 14.1. The predicted molar refractivity (Wildman–Crippen MR) is 132 cm³/mol. The Kier molecular flexibility index (Phi) is 7.96. The predicted octanol–water partition coefficient (Wildman–Crippen LogP) is 3.77. The zero-order chi connectivity index (χ0) is 22.2. The number of carbonyl (C=O) groups excluding carboxylic acids is 2. The van der Waals surface area contributed by atoms with E-state index in [2.05, 4.69) is 38.8 Å². The van der Waals surface area contributed by atoms with Gasteiger partial charge < -0.3 is 10.1 Å². The number of rotatable bonds is 5.